The maximum absolute atomic E-state index is 13.3. The maximum Gasteiger partial charge on any atom is 0.233 e. The molecule has 0 atom stereocenters. The van der Waals surface area contributed by atoms with Crippen molar-refractivity contribution in [2.24, 2.45) is 7.05 Å². The molecule has 3 nitrogen and oxygen atoms in total. The number of ether oxygens (including phenoxy) is 1. The number of aryl methyl sites for hydroxylation is 2. The highest BCUT2D eigenvalue weighted by molar-refractivity contribution is 5.18. The number of halogens is 1. The van der Waals surface area contributed by atoms with Gasteiger partial charge in [0.2, 0.25) is 5.88 Å². The molecule has 0 amide bonds. The van der Waals surface area contributed by atoms with Crippen molar-refractivity contribution >= 4 is 0 Å². The van der Waals surface area contributed by atoms with Crippen molar-refractivity contribution in [3.05, 3.63) is 47.4 Å². The van der Waals surface area contributed by atoms with Crippen molar-refractivity contribution in [1.82, 2.24) is 9.78 Å². The van der Waals surface area contributed by atoms with E-state index in [1.54, 1.807) is 22.9 Å². The first-order valence-corrected chi connectivity index (χ1v) is 5.03. The van der Waals surface area contributed by atoms with E-state index in [-0.39, 0.29) is 12.4 Å². The number of hydrogen-bond donors (Lipinski definition) is 0. The van der Waals surface area contributed by atoms with Crippen LogP contribution in [0.15, 0.2) is 30.3 Å². The topological polar surface area (TPSA) is 27.1 Å². The molecule has 0 aliphatic carbocycles. The van der Waals surface area contributed by atoms with Gasteiger partial charge in [-0.15, -0.1) is 5.10 Å². The molecule has 0 fully saturated rings. The summed E-state index contributed by atoms with van der Waals surface area (Å²) in [6, 6.07) is 8.38. The molecule has 0 saturated heterocycles. The van der Waals surface area contributed by atoms with Crippen molar-refractivity contribution < 1.29 is 9.13 Å². The van der Waals surface area contributed by atoms with Gasteiger partial charge in [-0.2, -0.15) is 0 Å². The smallest absolute Gasteiger partial charge is 0.233 e. The van der Waals surface area contributed by atoms with Crippen LogP contribution in [0.1, 0.15) is 11.3 Å². The Hall–Kier alpha value is -1.84. The van der Waals surface area contributed by atoms with Crippen LogP contribution in [-0.4, -0.2) is 9.78 Å². The van der Waals surface area contributed by atoms with Crippen LogP contribution in [0.2, 0.25) is 0 Å². The van der Waals surface area contributed by atoms with E-state index in [1.165, 1.54) is 6.07 Å². The van der Waals surface area contributed by atoms with Crippen LogP contribution in [0.25, 0.3) is 0 Å². The highest BCUT2D eigenvalue weighted by Gasteiger charge is 2.04. The van der Waals surface area contributed by atoms with Crippen LogP contribution in [0, 0.1) is 12.7 Å². The summed E-state index contributed by atoms with van der Waals surface area (Å²) >= 11 is 0. The van der Waals surface area contributed by atoms with Gasteiger partial charge in [-0.05, 0) is 13.0 Å². The third-order valence-corrected chi connectivity index (χ3v) is 2.42. The predicted octanol–water partition coefficient (Wildman–Crippen LogP) is 2.45. The van der Waals surface area contributed by atoms with Gasteiger partial charge in [-0.1, -0.05) is 18.2 Å². The Morgan fingerprint density at radius 1 is 1.38 bits per heavy atom. The van der Waals surface area contributed by atoms with Gasteiger partial charge in [-0.3, -0.25) is 4.68 Å². The van der Waals surface area contributed by atoms with Crippen LogP contribution in [0.4, 0.5) is 4.39 Å². The quantitative estimate of drug-likeness (QED) is 0.794. The molecule has 0 saturated carbocycles. The molecule has 0 radical (unpaired) electrons. The fourth-order valence-corrected chi connectivity index (χ4v) is 1.37. The van der Waals surface area contributed by atoms with Crippen molar-refractivity contribution in [2.75, 3.05) is 0 Å². The first-order valence-electron chi connectivity index (χ1n) is 5.03. The zero-order valence-electron chi connectivity index (χ0n) is 9.27. The third-order valence-electron chi connectivity index (χ3n) is 2.42. The minimum atomic E-state index is -0.254. The predicted molar refractivity (Wildman–Crippen MR) is 58.7 cm³/mol. The van der Waals surface area contributed by atoms with Gasteiger partial charge >= 0.3 is 0 Å². The highest BCUT2D eigenvalue weighted by Crippen LogP contribution is 2.13. The first kappa shape index (κ1) is 10.7. The summed E-state index contributed by atoms with van der Waals surface area (Å²) in [5.74, 6) is 0.262. The van der Waals surface area contributed by atoms with Crippen molar-refractivity contribution in [3.63, 3.8) is 0 Å². The van der Waals surface area contributed by atoms with Crippen molar-refractivity contribution in [3.8, 4) is 5.88 Å². The molecule has 1 aromatic carbocycles. The summed E-state index contributed by atoms with van der Waals surface area (Å²) in [5.41, 5.74) is 1.54. The highest BCUT2D eigenvalue weighted by atomic mass is 19.1. The lowest BCUT2D eigenvalue weighted by atomic mass is 10.2. The Morgan fingerprint density at radius 3 is 2.75 bits per heavy atom. The molecule has 1 aromatic heterocycles. The van der Waals surface area contributed by atoms with Crippen LogP contribution in [0.3, 0.4) is 0 Å². The van der Waals surface area contributed by atoms with E-state index in [2.05, 4.69) is 5.10 Å². The van der Waals surface area contributed by atoms with E-state index in [0.717, 1.165) is 5.69 Å². The van der Waals surface area contributed by atoms with Gasteiger partial charge < -0.3 is 4.74 Å². The molecule has 0 aliphatic heterocycles. The third kappa shape index (κ3) is 2.21. The molecule has 2 aromatic rings. The van der Waals surface area contributed by atoms with Crippen molar-refractivity contribution in [1.29, 1.82) is 0 Å². The number of aromatic nitrogens is 2. The Bertz CT molecular complexity index is 474. The summed E-state index contributed by atoms with van der Waals surface area (Å²) in [5, 5.41) is 4.13. The Morgan fingerprint density at radius 2 is 2.12 bits per heavy atom. The minimum Gasteiger partial charge on any atom is -0.472 e. The second-order valence-electron chi connectivity index (χ2n) is 3.63. The minimum absolute atomic E-state index is 0.198. The normalized spacial score (nSPS) is 10.4. The van der Waals surface area contributed by atoms with E-state index < -0.39 is 0 Å². The molecule has 84 valence electrons. The van der Waals surface area contributed by atoms with Crippen LogP contribution >= 0.6 is 0 Å². The maximum atomic E-state index is 13.3. The summed E-state index contributed by atoms with van der Waals surface area (Å²) in [6.45, 7) is 2.13. The molecule has 16 heavy (non-hydrogen) atoms. The summed E-state index contributed by atoms with van der Waals surface area (Å²) < 4.78 is 20.4. The number of benzene rings is 1. The zero-order valence-corrected chi connectivity index (χ0v) is 9.27. The fourth-order valence-electron chi connectivity index (χ4n) is 1.37. The molecular weight excluding hydrogens is 207 g/mol. The Balaban J connectivity index is 2.05. The summed E-state index contributed by atoms with van der Waals surface area (Å²) in [4.78, 5) is 0. The number of rotatable bonds is 3. The lowest BCUT2D eigenvalue weighted by Crippen LogP contribution is -1.99. The molecule has 0 bridgehead atoms. The average Bonchev–Trinajstić information content (AvgIpc) is 2.57. The largest absolute Gasteiger partial charge is 0.472 e. The van der Waals surface area contributed by atoms with E-state index in [1.807, 2.05) is 20.0 Å². The Kier molecular flexibility index (Phi) is 2.90. The average molecular weight is 220 g/mol. The summed E-state index contributed by atoms with van der Waals surface area (Å²) in [6.07, 6.45) is 0. The standard InChI is InChI=1S/C12H13FN2O/c1-9-7-12(14-15(9)2)16-8-10-5-3-4-6-11(10)13/h3-7H,8H2,1-2H3. The SMILES string of the molecule is Cc1cc(OCc2ccccc2F)nn1C. The molecule has 2 rings (SSSR count). The molecule has 0 N–H and O–H groups in total. The number of hydrogen-bond acceptors (Lipinski definition) is 2. The monoisotopic (exact) mass is 220 g/mol. The molecular formula is C12H13FN2O. The second kappa shape index (κ2) is 4.35. The van der Waals surface area contributed by atoms with E-state index >= 15 is 0 Å². The molecule has 4 heteroatoms. The van der Waals surface area contributed by atoms with E-state index in [0.29, 0.717) is 11.4 Å². The lowest BCUT2D eigenvalue weighted by molar-refractivity contribution is 0.285. The van der Waals surface area contributed by atoms with Crippen LogP contribution in [-0.2, 0) is 13.7 Å². The second-order valence-corrected chi connectivity index (χ2v) is 3.63. The first-order chi connectivity index (χ1) is 7.66. The fraction of sp³-hybridized carbons (Fsp3) is 0.250. The summed E-state index contributed by atoms with van der Waals surface area (Å²) in [7, 11) is 1.84. The molecule has 0 spiro atoms. The van der Waals surface area contributed by atoms with Crippen molar-refractivity contribution in [2.45, 2.75) is 13.5 Å². The van der Waals surface area contributed by atoms with Gasteiger partial charge in [-0.25, -0.2) is 4.39 Å². The van der Waals surface area contributed by atoms with Crippen LogP contribution in [0.5, 0.6) is 5.88 Å². The molecule has 0 unspecified atom stereocenters. The van der Waals surface area contributed by atoms with Gasteiger partial charge in [0.15, 0.2) is 0 Å². The van der Waals surface area contributed by atoms with E-state index in [4.69, 9.17) is 4.74 Å². The molecule has 1 heterocycles. The Labute approximate surface area is 93.5 Å². The van der Waals surface area contributed by atoms with Gasteiger partial charge in [0.1, 0.15) is 12.4 Å². The van der Waals surface area contributed by atoms with E-state index in [9.17, 15) is 4.39 Å². The molecule has 0 aliphatic rings. The van der Waals surface area contributed by atoms with Crippen LogP contribution < -0.4 is 4.74 Å². The number of nitrogens with zero attached hydrogens (tertiary/aromatic N) is 2. The van der Waals surface area contributed by atoms with Gasteiger partial charge in [0.05, 0.1) is 0 Å². The zero-order chi connectivity index (χ0) is 11.5. The van der Waals surface area contributed by atoms with Gasteiger partial charge in [0.25, 0.3) is 0 Å². The van der Waals surface area contributed by atoms with Gasteiger partial charge in [0, 0.05) is 24.4 Å². The lowest BCUT2D eigenvalue weighted by Gasteiger charge is -2.03.